The second kappa shape index (κ2) is 7.12. The van der Waals surface area contributed by atoms with Crippen molar-refractivity contribution < 1.29 is 19.0 Å². The monoisotopic (exact) mass is 341 g/mol. The fourth-order valence-electron chi connectivity index (χ4n) is 2.58. The molecule has 130 valence electrons. The first-order chi connectivity index (χ1) is 12.2. The lowest BCUT2D eigenvalue weighted by molar-refractivity contribution is 0.0950. The van der Waals surface area contributed by atoms with E-state index < -0.39 is 0 Å². The highest BCUT2D eigenvalue weighted by Crippen LogP contribution is 2.34. The maximum absolute atomic E-state index is 12.4. The Morgan fingerprint density at radius 1 is 1.04 bits per heavy atom. The van der Waals surface area contributed by atoms with Gasteiger partial charge in [0.05, 0.1) is 38.7 Å². The lowest BCUT2D eigenvalue weighted by Gasteiger charge is -2.14. The number of H-pyrrole nitrogens is 1. The number of carbonyl (C=O) groups excluding carboxylic acids is 1. The highest BCUT2D eigenvalue weighted by Gasteiger charge is 2.13. The van der Waals surface area contributed by atoms with Crippen molar-refractivity contribution in [2.24, 2.45) is 0 Å². The molecule has 0 saturated carbocycles. The molecule has 0 bridgehead atoms. The van der Waals surface area contributed by atoms with Crippen LogP contribution in [-0.2, 0) is 6.54 Å². The number of imidazole rings is 1. The summed E-state index contributed by atoms with van der Waals surface area (Å²) in [5.41, 5.74) is 2.97. The average Bonchev–Trinajstić information content (AvgIpc) is 3.12. The van der Waals surface area contributed by atoms with Crippen LogP contribution in [0.4, 0.5) is 0 Å². The minimum absolute atomic E-state index is 0.187. The van der Waals surface area contributed by atoms with Gasteiger partial charge in [0.15, 0.2) is 11.5 Å². The van der Waals surface area contributed by atoms with Crippen molar-refractivity contribution in [1.29, 1.82) is 0 Å². The number of aromatic amines is 1. The zero-order chi connectivity index (χ0) is 17.8. The van der Waals surface area contributed by atoms with Crippen molar-refractivity contribution in [2.75, 3.05) is 21.3 Å². The van der Waals surface area contributed by atoms with Gasteiger partial charge >= 0.3 is 0 Å². The zero-order valence-electron chi connectivity index (χ0n) is 14.3. The molecule has 3 aromatic rings. The molecular formula is C18H19N3O4. The number of nitrogens with one attached hydrogen (secondary N) is 2. The van der Waals surface area contributed by atoms with E-state index in [1.54, 1.807) is 58.0 Å². The molecule has 0 radical (unpaired) electrons. The fourth-order valence-corrected chi connectivity index (χ4v) is 2.58. The highest BCUT2D eigenvalue weighted by atomic mass is 16.5. The van der Waals surface area contributed by atoms with E-state index in [0.717, 1.165) is 16.6 Å². The van der Waals surface area contributed by atoms with Gasteiger partial charge in [-0.05, 0) is 24.3 Å². The number of hydrogen-bond acceptors (Lipinski definition) is 5. The molecule has 1 amide bonds. The minimum atomic E-state index is -0.187. The molecule has 0 atom stereocenters. The van der Waals surface area contributed by atoms with Crippen molar-refractivity contribution in [3.63, 3.8) is 0 Å². The third kappa shape index (κ3) is 3.35. The molecule has 2 aromatic carbocycles. The van der Waals surface area contributed by atoms with Crippen LogP contribution in [0.1, 0.15) is 15.9 Å². The number of ether oxygens (including phenoxy) is 3. The number of hydrogen-bond donors (Lipinski definition) is 2. The molecule has 0 aliphatic rings. The first kappa shape index (κ1) is 16.6. The standard InChI is InChI=1S/C18H19N3O4/c1-23-15-8-17(25-3)16(24-2)7-12(15)9-19-18(22)11-4-5-13-14(6-11)21-10-20-13/h4-8,10H,9H2,1-3H3,(H,19,22)(H,20,21). The summed E-state index contributed by atoms with van der Waals surface area (Å²) in [6.07, 6.45) is 1.60. The highest BCUT2D eigenvalue weighted by molar-refractivity contribution is 5.97. The van der Waals surface area contributed by atoms with Crippen LogP contribution >= 0.6 is 0 Å². The van der Waals surface area contributed by atoms with Crippen molar-refractivity contribution in [2.45, 2.75) is 6.54 Å². The molecule has 0 aliphatic heterocycles. The summed E-state index contributed by atoms with van der Waals surface area (Å²) >= 11 is 0. The van der Waals surface area contributed by atoms with Crippen LogP contribution in [0.5, 0.6) is 17.2 Å². The maximum Gasteiger partial charge on any atom is 0.251 e. The van der Waals surface area contributed by atoms with Crippen LogP contribution in [0, 0.1) is 0 Å². The quantitative estimate of drug-likeness (QED) is 0.719. The van der Waals surface area contributed by atoms with Crippen molar-refractivity contribution in [1.82, 2.24) is 15.3 Å². The van der Waals surface area contributed by atoms with E-state index in [-0.39, 0.29) is 5.91 Å². The number of aromatic nitrogens is 2. The number of carbonyl (C=O) groups is 1. The Hall–Kier alpha value is -3.22. The Balaban J connectivity index is 1.79. The van der Waals surface area contributed by atoms with Crippen LogP contribution < -0.4 is 19.5 Å². The molecule has 0 fully saturated rings. The Bertz CT molecular complexity index is 904. The number of benzene rings is 2. The molecule has 3 rings (SSSR count). The van der Waals surface area contributed by atoms with Gasteiger partial charge in [0.2, 0.25) is 0 Å². The molecule has 7 nitrogen and oxygen atoms in total. The summed E-state index contributed by atoms with van der Waals surface area (Å²) in [6.45, 7) is 0.295. The summed E-state index contributed by atoms with van der Waals surface area (Å²) in [4.78, 5) is 19.6. The smallest absolute Gasteiger partial charge is 0.251 e. The topological polar surface area (TPSA) is 85.5 Å². The molecule has 1 heterocycles. The molecular weight excluding hydrogens is 322 g/mol. The van der Waals surface area contributed by atoms with Gasteiger partial charge in [-0.3, -0.25) is 4.79 Å². The second-order valence-electron chi connectivity index (χ2n) is 5.34. The van der Waals surface area contributed by atoms with E-state index in [0.29, 0.717) is 29.4 Å². The van der Waals surface area contributed by atoms with Crippen LogP contribution in [-0.4, -0.2) is 37.2 Å². The molecule has 2 N–H and O–H groups in total. The number of nitrogens with zero attached hydrogens (tertiary/aromatic N) is 1. The first-order valence-electron chi connectivity index (χ1n) is 7.66. The largest absolute Gasteiger partial charge is 0.496 e. The van der Waals surface area contributed by atoms with Gasteiger partial charge in [-0.2, -0.15) is 0 Å². The van der Waals surface area contributed by atoms with Gasteiger partial charge in [0, 0.05) is 23.7 Å². The van der Waals surface area contributed by atoms with Crippen LogP contribution in [0.15, 0.2) is 36.7 Å². The normalized spacial score (nSPS) is 10.5. The zero-order valence-corrected chi connectivity index (χ0v) is 14.3. The molecule has 0 aliphatic carbocycles. The summed E-state index contributed by atoms with van der Waals surface area (Å²) in [5, 5.41) is 2.89. The van der Waals surface area contributed by atoms with Gasteiger partial charge in [-0.1, -0.05) is 0 Å². The minimum Gasteiger partial charge on any atom is -0.496 e. The van der Waals surface area contributed by atoms with Gasteiger partial charge < -0.3 is 24.5 Å². The summed E-state index contributed by atoms with van der Waals surface area (Å²) in [7, 11) is 4.69. The van der Waals surface area contributed by atoms with Crippen LogP contribution in [0.25, 0.3) is 11.0 Å². The van der Waals surface area contributed by atoms with Crippen LogP contribution in [0.3, 0.4) is 0 Å². The van der Waals surface area contributed by atoms with Crippen LogP contribution in [0.2, 0.25) is 0 Å². The molecule has 25 heavy (non-hydrogen) atoms. The second-order valence-corrected chi connectivity index (χ2v) is 5.34. The maximum atomic E-state index is 12.4. The van der Waals surface area contributed by atoms with Gasteiger partial charge in [0.25, 0.3) is 5.91 Å². The molecule has 0 spiro atoms. The summed E-state index contributed by atoms with van der Waals surface area (Å²) in [6, 6.07) is 8.83. The lowest BCUT2D eigenvalue weighted by Crippen LogP contribution is -2.23. The van der Waals surface area contributed by atoms with E-state index in [9.17, 15) is 4.79 Å². The predicted octanol–water partition coefficient (Wildman–Crippen LogP) is 2.52. The molecule has 0 saturated heterocycles. The Morgan fingerprint density at radius 3 is 2.48 bits per heavy atom. The van der Waals surface area contributed by atoms with Crippen molar-refractivity contribution in [3.05, 3.63) is 47.8 Å². The van der Waals surface area contributed by atoms with Gasteiger partial charge in [0.1, 0.15) is 5.75 Å². The number of rotatable bonds is 6. The number of amides is 1. The Labute approximate surface area is 144 Å². The first-order valence-corrected chi connectivity index (χ1v) is 7.66. The summed E-state index contributed by atoms with van der Waals surface area (Å²) in [5.74, 6) is 1.57. The van der Waals surface area contributed by atoms with Gasteiger partial charge in [-0.25, -0.2) is 4.98 Å². The van der Waals surface area contributed by atoms with Crippen molar-refractivity contribution >= 4 is 16.9 Å². The Morgan fingerprint density at radius 2 is 1.76 bits per heavy atom. The van der Waals surface area contributed by atoms with E-state index in [2.05, 4.69) is 15.3 Å². The summed E-state index contributed by atoms with van der Waals surface area (Å²) < 4.78 is 15.9. The Kier molecular flexibility index (Phi) is 4.74. The third-order valence-electron chi connectivity index (χ3n) is 3.91. The van der Waals surface area contributed by atoms with Crippen molar-refractivity contribution in [3.8, 4) is 17.2 Å². The molecule has 0 unspecified atom stereocenters. The van der Waals surface area contributed by atoms with E-state index in [1.807, 2.05) is 0 Å². The molecule has 7 heteroatoms. The lowest BCUT2D eigenvalue weighted by atomic mass is 10.1. The van der Waals surface area contributed by atoms with E-state index in [4.69, 9.17) is 14.2 Å². The van der Waals surface area contributed by atoms with E-state index in [1.165, 1.54) is 0 Å². The average molecular weight is 341 g/mol. The third-order valence-corrected chi connectivity index (χ3v) is 3.91. The SMILES string of the molecule is COc1cc(OC)c(OC)cc1CNC(=O)c1ccc2nc[nH]c2c1. The fraction of sp³-hybridized carbons (Fsp3) is 0.222. The van der Waals surface area contributed by atoms with Gasteiger partial charge in [-0.15, -0.1) is 0 Å². The van der Waals surface area contributed by atoms with E-state index >= 15 is 0 Å². The number of methoxy groups -OCH3 is 3. The molecule has 1 aromatic heterocycles. The number of fused-ring (bicyclic) bond motifs is 1. The predicted molar refractivity (Wildman–Crippen MR) is 93.4 cm³/mol.